The van der Waals surface area contributed by atoms with E-state index in [-0.39, 0.29) is 5.75 Å². The number of halogens is 1. The number of hydrogen-bond donors (Lipinski definition) is 2. The molecule has 0 aliphatic rings. The SMILES string of the molecule is Oc1ccc(NCc2ccccc2)cc1F. The first-order valence-electron chi connectivity index (χ1n) is 5.02. The normalized spacial score (nSPS) is 10.1. The first kappa shape index (κ1) is 10.5. The van der Waals surface area contributed by atoms with E-state index in [1.54, 1.807) is 6.07 Å². The molecule has 3 heteroatoms. The van der Waals surface area contributed by atoms with Gasteiger partial charge in [-0.3, -0.25) is 0 Å². The molecule has 0 radical (unpaired) electrons. The lowest BCUT2D eigenvalue weighted by Crippen LogP contribution is -1.99. The minimum Gasteiger partial charge on any atom is -0.505 e. The zero-order chi connectivity index (χ0) is 11.4. The van der Waals surface area contributed by atoms with E-state index in [9.17, 15) is 4.39 Å². The van der Waals surface area contributed by atoms with Crippen molar-refractivity contribution in [2.24, 2.45) is 0 Å². The summed E-state index contributed by atoms with van der Waals surface area (Å²) in [6.07, 6.45) is 0. The number of rotatable bonds is 3. The van der Waals surface area contributed by atoms with Gasteiger partial charge >= 0.3 is 0 Å². The van der Waals surface area contributed by atoms with E-state index in [1.807, 2.05) is 30.3 Å². The van der Waals surface area contributed by atoms with Crippen molar-refractivity contribution < 1.29 is 9.50 Å². The molecule has 0 atom stereocenters. The van der Waals surface area contributed by atoms with Gasteiger partial charge in [-0.25, -0.2) is 4.39 Å². The third-order valence-electron chi connectivity index (χ3n) is 2.29. The number of phenols is 1. The molecule has 0 aliphatic heterocycles. The summed E-state index contributed by atoms with van der Waals surface area (Å²) >= 11 is 0. The van der Waals surface area contributed by atoms with Gasteiger partial charge in [-0.05, 0) is 17.7 Å². The number of anilines is 1. The van der Waals surface area contributed by atoms with Crippen LogP contribution >= 0.6 is 0 Å². The Kier molecular flexibility index (Phi) is 3.05. The summed E-state index contributed by atoms with van der Waals surface area (Å²) in [4.78, 5) is 0. The predicted molar refractivity (Wildman–Crippen MR) is 61.8 cm³/mol. The lowest BCUT2D eigenvalue weighted by Gasteiger charge is -2.06. The summed E-state index contributed by atoms with van der Waals surface area (Å²) in [6.45, 7) is 0.630. The Morgan fingerprint density at radius 2 is 1.81 bits per heavy atom. The van der Waals surface area contributed by atoms with E-state index in [0.29, 0.717) is 12.2 Å². The molecule has 0 bridgehead atoms. The molecule has 82 valence electrons. The van der Waals surface area contributed by atoms with Crippen molar-refractivity contribution in [3.63, 3.8) is 0 Å². The van der Waals surface area contributed by atoms with Crippen molar-refractivity contribution in [1.82, 2.24) is 0 Å². The Balaban J connectivity index is 2.03. The molecular formula is C13H12FNO. The Bertz CT molecular complexity index is 471. The highest BCUT2D eigenvalue weighted by atomic mass is 19.1. The smallest absolute Gasteiger partial charge is 0.166 e. The van der Waals surface area contributed by atoms with Crippen LogP contribution in [-0.4, -0.2) is 5.11 Å². The van der Waals surface area contributed by atoms with Crippen LogP contribution in [0.2, 0.25) is 0 Å². The van der Waals surface area contributed by atoms with Gasteiger partial charge in [0.2, 0.25) is 0 Å². The van der Waals surface area contributed by atoms with E-state index in [1.165, 1.54) is 12.1 Å². The van der Waals surface area contributed by atoms with E-state index in [0.717, 1.165) is 5.56 Å². The maximum absolute atomic E-state index is 13.0. The highest BCUT2D eigenvalue weighted by Gasteiger charge is 2.00. The number of aromatic hydroxyl groups is 1. The maximum atomic E-state index is 13.0. The highest BCUT2D eigenvalue weighted by Crippen LogP contribution is 2.19. The Hall–Kier alpha value is -2.03. The largest absolute Gasteiger partial charge is 0.505 e. The molecule has 0 saturated heterocycles. The van der Waals surface area contributed by atoms with E-state index < -0.39 is 5.82 Å². The van der Waals surface area contributed by atoms with E-state index >= 15 is 0 Å². The van der Waals surface area contributed by atoms with Crippen LogP contribution < -0.4 is 5.32 Å². The molecule has 2 aromatic rings. The molecule has 2 aromatic carbocycles. The van der Waals surface area contributed by atoms with Crippen LogP contribution in [-0.2, 0) is 6.54 Å². The molecule has 0 fully saturated rings. The molecule has 2 nitrogen and oxygen atoms in total. The number of benzene rings is 2. The van der Waals surface area contributed by atoms with Crippen molar-refractivity contribution in [1.29, 1.82) is 0 Å². The molecule has 0 heterocycles. The standard InChI is InChI=1S/C13H12FNO/c14-12-8-11(6-7-13(12)16)15-9-10-4-2-1-3-5-10/h1-8,15-16H,9H2. The van der Waals surface area contributed by atoms with Crippen LogP contribution in [0.4, 0.5) is 10.1 Å². The number of nitrogens with one attached hydrogen (secondary N) is 1. The van der Waals surface area contributed by atoms with Gasteiger partial charge in [0.1, 0.15) is 0 Å². The van der Waals surface area contributed by atoms with Crippen LogP contribution in [0.3, 0.4) is 0 Å². The minimum absolute atomic E-state index is 0.328. The third kappa shape index (κ3) is 2.51. The molecule has 0 saturated carbocycles. The quantitative estimate of drug-likeness (QED) is 0.774. The third-order valence-corrected chi connectivity index (χ3v) is 2.29. The number of phenolic OH excluding ortho intramolecular Hbond substituents is 1. The van der Waals surface area contributed by atoms with Gasteiger partial charge in [-0.2, -0.15) is 0 Å². The lowest BCUT2D eigenvalue weighted by atomic mass is 10.2. The Morgan fingerprint density at radius 1 is 1.06 bits per heavy atom. The topological polar surface area (TPSA) is 32.3 Å². The summed E-state index contributed by atoms with van der Waals surface area (Å²) in [5.41, 5.74) is 1.77. The zero-order valence-electron chi connectivity index (χ0n) is 8.65. The van der Waals surface area contributed by atoms with Gasteiger partial charge in [0.05, 0.1) is 0 Å². The summed E-state index contributed by atoms with van der Waals surface area (Å²) < 4.78 is 13.0. The fraction of sp³-hybridized carbons (Fsp3) is 0.0769. The van der Waals surface area contributed by atoms with Crippen LogP contribution in [0.15, 0.2) is 48.5 Å². The molecule has 2 N–H and O–H groups in total. The molecular weight excluding hydrogens is 205 g/mol. The molecule has 0 aromatic heterocycles. The summed E-state index contributed by atoms with van der Waals surface area (Å²) in [5, 5.41) is 12.1. The van der Waals surface area contributed by atoms with Gasteiger partial charge in [-0.1, -0.05) is 30.3 Å². The second kappa shape index (κ2) is 4.66. The van der Waals surface area contributed by atoms with Gasteiger partial charge < -0.3 is 10.4 Å². The molecule has 2 rings (SSSR count). The lowest BCUT2D eigenvalue weighted by molar-refractivity contribution is 0.432. The fourth-order valence-corrected chi connectivity index (χ4v) is 1.42. The van der Waals surface area contributed by atoms with Crippen LogP contribution in [0.5, 0.6) is 5.75 Å². The van der Waals surface area contributed by atoms with Crippen LogP contribution in [0.25, 0.3) is 0 Å². The van der Waals surface area contributed by atoms with Gasteiger partial charge in [0.25, 0.3) is 0 Å². The molecule has 0 unspecified atom stereocenters. The first-order chi connectivity index (χ1) is 7.75. The van der Waals surface area contributed by atoms with E-state index in [2.05, 4.69) is 5.32 Å². The van der Waals surface area contributed by atoms with E-state index in [4.69, 9.17) is 5.11 Å². The highest BCUT2D eigenvalue weighted by molar-refractivity contribution is 5.47. The summed E-state index contributed by atoms with van der Waals surface area (Å²) in [7, 11) is 0. The van der Waals surface area contributed by atoms with Crippen molar-refractivity contribution in [2.45, 2.75) is 6.54 Å². The molecule has 16 heavy (non-hydrogen) atoms. The van der Waals surface area contributed by atoms with Crippen LogP contribution in [0, 0.1) is 5.82 Å². The number of hydrogen-bond acceptors (Lipinski definition) is 2. The molecule has 0 spiro atoms. The van der Waals surface area contributed by atoms with Gasteiger partial charge in [0.15, 0.2) is 11.6 Å². The second-order valence-corrected chi connectivity index (χ2v) is 3.51. The van der Waals surface area contributed by atoms with Crippen molar-refractivity contribution in [3.8, 4) is 5.75 Å². The fourth-order valence-electron chi connectivity index (χ4n) is 1.42. The summed E-state index contributed by atoms with van der Waals surface area (Å²) in [5.74, 6) is -0.941. The maximum Gasteiger partial charge on any atom is 0.166 e. The predicted octanol–water partition coefficient (Wildman–Crippen LogP) is 3.14. The van der Waals surface area contributed by atoms with Crippen LogP contribution in [0.1, 0.15) is 5.56 Å². The zero-order valence-corrected chi connectivity index (χ0v) is 8.65. The van der Waals surface area contributed by atoms with Crippen molar-refractivity contribution in [2.75, 3.05) is 5.32 Å². The van der Waals surface area contributed by atoms with Crippen molar-refractivity contribution in [3.05, 3.63) is 59.9 Å². The van der Waals surface area contributed by atoms with Gasteiger partial charge in [0, 0.05) is 18.3 Å². The van der Waals surface area contributed by atoms with Crippen molar-refractivity contribution >= 4 is 5.69 Å². The Morgan fingerprint density at radius 3 is 2.50 bits per heavy atom. The monoisotopic (exact) mass is 217 g/mol. The average Bonchev–Trinajstić information content (AvgIpc) is 2.32. The Labute approximate surface area is 93.4 Å². The average molecular weight is 217 g/mol. The second-order valence-electron chi connectivity index (χ2n) is 3.51. The molecule has 0 amide bonds. The first-order valence-corrected chi connectivity index (χ1v) is 5.02. The van der Waals surface area contributed by atoms with Gasteiger partial charge in [-0.15, -0.1) is 0 Å². The minimum atomic E-state index is -0.613. The molecule has 0 aliphatic carbocycles. The summed E-state index contributed by atoms with van der Waals surface area (Å²) in [6, 6.07) is 14.1.